The molecule has 5 nitrogen and oxygen atoms in total. The first-order valence-electron chi connectivity index (χ1n) is 5.47. The second-order valence-electron chi connectivity index (χ2n) is 4.02. The summed E-state index contributed by atoms with van der Waals surface area (Å²) in [6.45, 7) is 2.05. The van der Waals surface area contributed by atoms with Gasteiger partial charge in [0.15, 0.2) is 0 Å². The average Bonchev–Trinajstić information content (AvgIpc) is 2.73. The molecular weight excluding hydrogens is 266 g/mol. The third kappa shape index (κ3) is 2.59. The number of hydrogen-bond acceptors (Lipinski definition) is 3. The van der Waals surface area contributed by atoms with Crippen LogP contribution in [0.5, 0.6) is 0 Å². The molecule has 1 heterocycles. The number of hydrogen-bond donors (Lipinski definition) is 1. The van der Waals surface area contributed by atoms with Gasteiger partial charge in [-0.2, -0.15) is 10.4 Å². The molecule has 0 fully saturated rings. The summed E-state index contributed by atoms with van der Waals surface area (Å²) in [6.07, 6.45) is 1.31. The van der Waals surface area contributed by atoms with E-state index in [9.17, 15) is 4.79 Å². The standard InChI is InChI=1S/C13H10ClN3O2/c1-8-11(13(18)19)6-16-17(8)7-10-3-2-9(5-15)4-12(10)14/h2-4,6H,7H2,1H3,(H,18,19). The maximum absolute atomic E-state index is 10.9. The van der Waals surface area contributed by atoms with E-state index in [0.29, 0.717) is 22.8 Å². The van der Waals surface area contributed by atoms with E-state index in [1.807, 2.05) is 6.07 Å². The van der Waals surface area contributed by atoms with Gasteiger partial charge >= 0.3 is 5.97 Å². The third-order valence-electron chi connectivity index (χ3n) is 2.84. The van der Waals surface area contributed by atoms with Crippen LogP contribution in [0, 0.1) is 18.3 Å². The molecule has 0 saturated carbocycles. The molecule has 0 bridgehead atoms. The molecule has 0 aliphatic carbocycles. The van der Waals surface area contributed by atoms with E-state index in [4.69, 9.17) is 22.0 Å². The molecule has 19 heavy (non-hydrogen) atoms. The number of benzene rings is 1. The summed E-state index contributed by atoms with van der Waals surface area (Å²) in [5, 5.41) is 22.2. The van der Waals surface area contributed by atoms with Crippen LogP contribution in [0.3, 0.4) is 0 Å². The van der Waals surface area contributed by atoms with Gasteiger partial charge in [0, 0.05) is 5.02 Å². The maximum Gasteiger partial charge on any atom is 0.339 e. The summed E-state index contributed by atoms with van der Waals surface area (Å²) in [5.74, 6) is -1.00. The summed E-state index contributed by atoms with van der Waals surface area (Å²) in [4.78, 5) is 10.9. The lowest BCUT2D eigenvalue weighted by Crippen LogP contribution is -2.06. The molecule has 0 aliphatic rings. The van der Waals surface area contributed by atoms with Crippen LogP contribution in [-0.4, -0.2) is 20.9 Å². The first-order chi connectivity index (χ1) is 9.02. The lowest BCUT2D eigenvalue weighted by molar-refractivity contribution is 0.0696. The molecule has 2 aromatic rings. The zero-order chi connectivity index (χ0) is 14.0. The van der Waals surface area contributed by atoms with E-state index in [-0.39, 0.29) is 5.56 Å². The van der Waals surface area contributed by atoms with Crippen LogP contribution in [0.1, 0.15) is 27.2 Å². The molecule has 0 saturated heterocycles. The number of aromatic carboxylic acids is 1. The van der Waals surface area contributed by atoms with Crippen molar-refractivity contribution in [3.8, 4) is 6.07 Å². The minimum atomic E-state index is -1.00. The number of nitrogens with zero attached hydrogens (tertiary/aromatic N) is 3. The van der Waals surface area contributed by atoms with Crippen LogP contribution >= 0.6 is 11.6 Å². The minimum absolute atomic E-state index is 0.171. The molecule has 2 rings (SSSR count). The Kier molecular flexibility index (Phi) is 3.54. The predicted molar refractivity (Wildman–Crippen MR) is 69.2 cm³/mol. The Hall–Kier alpha value is -2.32. The molecule has 0 radical (unpaired) electrons. The van der Waals surface area contributed by atoms with Crippen molar-refractivity contribution in [1.29, 1.82) is 5.26 Å². The fraction of sp³-hybridized carbons (Fsp3) is 0.154. The first-order valence-corrected chi connectivity index (χ1v) is 5.85. The molecule has 0 atom stereocenters. The van der Waals surface area contributed by atoms with Gasteiger partial charge in [0.2, 0.25) is 0 Å². The molecule has 0 amide bonds. The second-order valence-corrected chi connectivity index (χ2v) is 4.43. The van der Waals surface area contributed by atoms with Crippen molar-refractivity contribution in [3.63, 3.8) is 0 Å². The highest BCUT2D eigenvalue weighted by Crippen LogP contribution is 2.19. The van der Waals surface area contributed by atoms with E-state index in [1.54, 1.807) is 29.8 Å². The Morgan fingerprint density at radius 1 is 1.58 bits per heavy atom. The Balaban J connectivity index is 2.32. The van der Waals surface area contributed by atoms with Gasteiger partial charge in [-0.05, 0) is 24.6 Å². The quantitative estimate of drug-likeness (QED) is 0.933. The molecule has 1 aromatic heterocycles. The van der Waals surface area contributed by atoms with Gasteiger partial charge in [0.05, 0.1) is 30.1 Å². The van der Waals surface area contributed by atoms with Crippen molar-refractivity contribution in [1.82, 2.24) is 9.78 Å². The van der Waals surface area contributed by atoms with E-state index in [1.165, 1.54) is 6.20 Å². The monoisotopic (exact) mass is 275 g/mol. The van der Waals surface area contributed by atoms with Crippen molar-refractivity contribution in [2.24, 2.45) is 0 Å². The smallest absolute Gasteiger partial charge is 0.339 e. The van der Waals surface area contributed by atoms with Crippen LogP contribution in [0.4, 0.5) is 0 Å². The van der Waals surface area contributed by atoms with Crippen LogP contribution in [0.2, 0.25) is 5.02 Å². The largest absolute Gasteiger partial charge is 0.478 e. The van der Waals surface area contributed by atoms with E-state index in [2.05, 4.69) is 5.10 Å². The molecule has 1 N–H and O–H groups in total. The molecule has 0 aliphatic heterocycles. The Morgan fingerprint density at radius 3 is 2.84 bits per heavy atom. The van der Waals surface area contributed by atoms with Crippen molar-refractivity contribution in [2.45, 2.75) is 13.5 Å². The highest BCUT2D eigenvalue weighted by Gasteiger charge is 2.13. The summed E-state index contributed by atoms with van der Waals surface area (Å²) >= 11 is 6.07. The number of rotatable bonds is 3. The van der Waals surface area contributed by atoms with Gasteiger partial charge in [-0.1, -0.05) is 17.7 Å². The van der Waals surface area contributed by atoms with Gasteiger partial charge in [-0.25, -0.2) is 4.79 Å². The molecule has 96 valence electrons. The van der Waals surface area contributed by atoms with Gasteiger partial charge in [-0.15, -0.1) is 0 Å². The highest BCUT2D eigenvalue weighted by molar-refractivity contribution is 6.31. The zero-order valence-electron chi connectivity index (χ0n) is 10.1. The van der Waals surface area contributed by atoms with Gasteiger partial charge < -0.3 is 5.11 Å². The molecule has 0 unspecified atom stereocenters. The van der Waals surface area contributed by atoms with Crippen molar-refractivity contribution in [3.05, 3.63) is 51.8 Å². The number of halogens is 1. The topological polar surface area (TPSA) is 78.9 Å². The Morgan fingerprint density at radius 2 is 2.32 bits per heavy atom. The average molecular weight is 276 g/mol. The van der Waals surface area contributed by atoms with Crippen LogP contribution in [0.15, 0.2) is 24.4 Å². The number of carboxylic acids is 1. The SMILES string of the molecule is Cc1c(C(=O)O)cnn1Cc1ccc(C#N)cc1Cl. The summed E-state index contributed by atoms with van der Waals surface area (Å²) in [6, 6.07) is 6.99. The fourth-order valence-corrected chi connectivity index (χ4v) is 1.96. The van der Waals surface area contributed by atoms with Crippen LogP contribution in [0.25, 0.3) is 0 Å². The van der Waals surface area contributed by atoms with E-state index in [0.717, 1.165) is 5.56 Å². The Bertz CT molecular complexity index is 686. The zero-order valence-corrected chi connectivity index (χ0v) is 10.8. The number of carboxylic acid groups (broad SMARTS) is 1. The van der Waals surface area contributed by atoms with E-state index >= 15 is 0 Å². The highest BCUT2D eigenvalue weighted by atomic mass is 35.5. The third-order valence-corrected chi connectivity index (χ3v) is 3.19. The van der Waals surface area contributed by atoms with Gasteiger partial charge in [0.1, 0.15) is 5.56 Å². The van der Waals surface area contributed by atoms with Crippen molar-refractivity contribution < 1.29 is 9.90 Å². The van der Waals surface area contributed by atoms with Crippen molar-refractivity contribution in [2.75, 3.05) is 0 Å². The van der Waals surface area contributed by atoms with Crippen molar-refractivity contribution >= 4 is 17.6 Å². The van der Waals surface area contributed by atoms with E-state index < -0.39 is 5.97 Å². The molecule has 6 heteroatoms. The lowest BCUT2D eigenvalue weighted by atomic mass is 10.1. The van der Waals surface area contributed by atoms with Crippen LogP contribution < -0.4 is 0 Å². The first kappa shape index (κ1) is 13.1. The van der Waals surface area contributed by atoms with Gasteiger partial charge in [0.25, 0.3) is 0 Å². The predicted octanol–water partition coefficient (Wildman–Crippen LogP) is 2.46. The summed E-state index contributed by atoms with van der Waals surface area (Å²) < 4.78 is 1.57. The molecular formula is C13H10ClN3O2. The molecule has 1 aromatic carbocycles. The summed E-state index contributed by atoms with van der Waals surface area (Å²) in [7, 11) is 0. The normalized spacial score (nSPS) is 10.2. The Labute approximate surface area is 114 Å². The van der Waals surface area contributed by atoms with Crippen LogP contribution in [-0.2, 0) is 6.54 Å². The number of carbonyl (C=O) groups is 1. The maximum atomic E-state index is 10.9. The lowest BCUT2D eigenvalue weighted by Gasteiger charge is -2.07. The minimum Gasteiger partial charge on any atom is -0.478 e. The summed E-state index contributed by atoms with van der Waals surface area (Å²) in [5.41, 5.74) is 2.00. The van der Waals surface area contributed by atoms with Gasteiger partial charge in [-0.3, -0.25) is 4.68 Å². The number of nitriles is 1. The fourth-order valence-electron chi connectivity index (χ4n) is 1.72. The molecule has 0 spiro atoms. The second kappa shape index (κ2) is 5.12. The number of aromatic nitrogens is 2.